The Kier molecular flexibility index (Phi) is 5.54. The molecular formula is C15H24F3N3O2. The second-order valence-corrected chi connectivity index (χ2v) is 6.41. The summed E-state index contributed by atoms with van der Waals surface area (Å²) < 4.78 is 37.4. The lowest BCUT2D eigenvalue weighted by Gasteiger charge is -2.39. The van der Waals surface area contributed by atoms with Gasteiger partial charge in [-0.1, -0.05) is 13.3 Å². The van der Waals surface area contributed by atoms with Gasteiger partial charge in [0.2, 0.25) is 11.8 Å². The first-order valence-electron chi connectivity index (χ1n) is 8.08. The highest BCUT2D eigenvalue weighted by molar-refractivity contribution is 5.84. The predicted octanol–water partition coefficient (Wildman–Crippen LogP) is 1.39. The number of nitrogens with one attached hydrogen (secondary N) is 1. The van der Waals surface area contributed by atoms with Crippen LogP contribution in [0.5, 0.6) is 0 Å². The van der Waals surface area contributed by atoms with Crippen molar-refractivity contribution in [2.24, 2.45) is 5.92 Å². The van der Waals surface area contributed by atoms with Gasteiger partial charge in [0.1, 0.15) is 6.54 Å². The van der Waals surface area contributed by atoms with E-state index in [-0.39, 0.29) is 24.4 Å². The normalized spacial score (nSPS) is 29.3. The highest BCUT2D eigenvalue weighted by atomic mass is 19.4. The van der Waals surface area contributed by atoms with Crippen LogP contribution >= 0.6 is 0 Å². The van der Waals surface area contributed by atoms with Crippen LogP contribution in [-0.2, 0) is 9.59 Å². The number of piperidine rings is 1. The summed E-state index contributed by atoms with van der Waals surface area (Å²) in [4.78, 5) is 26.3. The topological polar surface area (TPSA) is 52.7 Å². The van der Waals surface area contributed by atoms with Crippen LogP contribution in [0.4, 0.5) is 13.2 Å². The van der Waals surface area contributed by atoms with E-state index in [0.717, 1.165) is 17.7 Å². The standard InChI is InChI=1S/C15H24F3N3O2/c1-3-11-8-20(10(2)22)6-4-12(11)19-13-5-7-21(14(13)23)9-15(16,17)18/h11-13,19H,3-9H2,1-2H3. The predicted molar refractivity (Wildman–Crippen MR) is 78.6 cm³/mol. The van der Waals surface area contributed by atoms with E-state index in [4.69, 9.17) is 0 Å². The maximum absolute atomic E-state index is 12.5. The summed E-state index contributed by atoms with van der Waals surface area (Å²) in [7, 11) is 0. The van der Waals surface area contributed by atoms with Gasteiger partial charge in [-0.15, -0.1) is 0 Å². The summed E-state index contributed by atoms with van der Waals surface area (Å²) in [6, 6.07) is -0.476. The molecule has 2 aliphatic rings. The van der Waals surface area contributed by atoms with Crippen LogP contribution < -0.4 is 5.32 Å². The minimum Gasteiger partial charge on any atom is -0.343 e. The third kappa shape index (κ3) is 4.59. The number of nitrogens with zero attached hydrogens (tertiary/aromatic N) is 2. The quantitative estimate of drug-likeness (QED) is 0.845. The largest absolute Gasteiger partial charge is 0.406 e. The molecule has 2 aliphatic heterocycles. The van der Waals surface area contributed by atoms with Gasteiger partial charge >= 0.3 is 6.18 Å². The summed E-state index contributed by atoms with van der Waals surface area (Å²) in [5.41, 5.74) is 0. The number of alkyl halides is 3. The zero-order chi connectivity index (χ0) is 17.2. The van der Waals surface area contributed by atoms with Gasteiger partial charge in [-0.25, -0.2) is 0 Å². The van der Waals surface area contributed by atoms with E-state index >= 15 is 0 Å². The molecule has 1 N–H and O–H groups in total. The maximum Gasteiger partial charge on any atom is 0.406 e. The van der Waals surface area contributed by atoms with Crippen LogP contribution in [-0.4, -0.2) is 66.1 Å². The van der Waals surface area contributed by atoms with Gasteiger partial charge in [0.25, 0.3) is 0 Å². The first-order valence-corrected chi connectivity index (χ1v) is 8.08. The van der Waals surface area contributed by atoms with Gasteiger partial charge in [0, 0.05) is 32.6 Å². The van der Waals surface area contributed by atoms with Crippen LogP contribution in [0, 0.1) is 5.92 Å². The lowest BCUT2D eigenvalue weighted by molar-refractivity contribution is -0.158. The Morgan fingerprint density at radius 3 is 2.57 bits per heavy atom. The van der Waals surface area contributed by atoms with Crippen molar-refractivity contribution < 1.29 is 22.8 Å². The average molecular weight is 335 g/mol. The fourth-order valence-corrected chi connectivity index (χ4v) is 3.48. The van der Waals surface area contributed by atoms with Crippen molar-refractivity contribution in [1.82, 2.24) is 15.1 Å². The number of carbonyl (C=O) groups is 2. The number of likely N-dealkylation sites (tertiary alicyclic amines) is 2. The second-order valence-electron chi connectivity index (χ2n) is 6.41. The third-order valence-electron chi connectivity index (χ3n) is 4.79. The van der Waals surface area contributed by atoms with Gasteiger partial charge in [0.15, 0.2) is 0 Å². The van der Waals surface area contributed by atoms with Crippen LogP contribution in [0.1, 0.15) is 33.1 Å². The Morgan fingerprint density at radius 2 is 2.00 bits per heavy atom. The van der Waals surface area contributed by atoms with Crippen LogP contribution in [0.25, 0.3) is 0 Å². The number of carbonyl (C=O) groups excluding carboxylic acids is 2. The third-order valence-corrected chi connectivity index (χ3v) is 4.79. The Balaban J connectivity index is 1.92. The van der Waals surface area contributed by atoms with E-state index in [1.807, 2.05) is 6.92 Å². The van der Waals surface area contributed by atoms with E-state index in [9.17, 15) is 22.8 Å². The fourth-order valence-electron chi connectivity index (χ4n) is 3.48. The Hall–Kier alpha value is -1.31. The Labute approximate surface area is 134 Å². The van der Waals surface area contributed by atoms with Gasteiger partial charge in [-0.2, -0.15) is 13.2 Å². The molecule has 0 spiro atoms. The van der Waals surface area contributed by atoms with Crippen LogP contribution in [0.2, 0.25) is 0 Å². The molecular weight excluding hydrogens is 311 g/mol. The number of rotatable bonds is 4. The molecule has 0 aromatic heterocycles. The monoisotopic (exact) mass is 335 g/mol. The van der Waals surface area contributed by atoms with Gasteiger partial charge in [0.05, 0.1) is 6.04 Å². The molecule has 2 heterocycles. The molecule has 2 rings (SSSR count). The molecule has 0 aromatic carbocycles. The van der Waals surface area contributed by atoms with Crippen molar-refractivity contribution in [2.75, 3.05) is 26.2 Å². The van der Waals surface area contributed by atoms with E-state index < -0.39 is 24.7 Å². The minimum atomic E-state index is -4.36. The Morgan fingerprint density at radius 1 is 1.30 bits per heavy atom. The molecule has 132 valence electrons. The Bertz CT molecular complexity index is 456. The zero-order valence-electron chi connectivity index (χ0n) is 13.5. The summed E-state index contributed by atoms with van der Waals surface area (Å²) >= 11 is 0. The van der Waals surface area contributed by atoms with E-state index in [1.165, 1.54) is 6.92 Å². The van der Waals surface area contributed by atoms with Crippen molar-refractivity contribution in [3.63, 3.8) is 0 Å². The van der Waals surface area contributed by atoms with E-state index in [0.29, 0.717) is 19.5 Å². The van der Waals surface area contributed by atoms with Crippen LogP contribution in [0.15, 0.2) is 0 Å². The molecule has 2 fully saturated rings. The van der Waals surface area contributed by atoms with Crippen LogP contribution in [0.3, 0.4) is 0 Å². The molecule has 2 amide bonds. The first-order chi connectivity index (χ1) is 10.7. The van der Waals surface area contributed by atoms with Crippen molar-refractivity contribution in [2.45, 2.75) is 51.4 Å². The minimum absolute atomic E-state index is 0.0372. The fraction of sp³-hybridized carbons (Fsp3) is 0.867. The first kappa shape index (κ1) is 18.0. The molecule has 0 saturated carbocycles. The second kappa shape index (κ2) is 7.07. The van der Waals surface area contributed by atoms with Crippen molar-refractivity contribution in [3.05, 3.63) is 0 Å². The average Bonchev–Trinajstić information content (AvgIpc) is 2.78. The van der Waals surface area contributed by atoms with Gasteiger partial charge < -0.3 is 15.1 Å². The number of hydrogen-bond acceptors (Lipinski definition) is 3. The smallest absolute Gasteiger partial charge is 0.343 e. The van der Waals surface area contributed by atoms with E-state index in [2.05, 4.69) is 5.32 Å². The highest BCUT2D eigenvalue weighted by Crippen LogP contribution is 2.24. The zero-order valence-corrected chi connectivity index (χ0v) is 13.5. The summed E-state index contributed by atoms with van der Waals surface area (Å²) in [6.07, 6.45) is -2.38. The molecule has 5 nitrogen and oxygen atoms in total. The molecule has 3 atom stereocenters. The van der Waals surface area contributed by atoms with Gasteiger partial charge in [-0.05, 0) is 18.8 Å². The molecule has 3 unspecified atom stereocenters. The number of amides is 2. The number of hydrogen-bond donors (Lipinski definition) is 1. The molecule has 8 heteroatoms. The highest BCUT2D eigenvalue weighted by Gasteiger charge is 2.41. The summed E-state index contributed by atoms with van der Waals surface area (Å²) in [6.45, 7) is 3.78. The maximum atomic E-state index is 12.5. The molecule has 0 aliphatic carbocycles. The van der Waals surface area contributed by atoms with Gasteiger partial charge in [-0.3, -0.25) is 9.59 Å². The number of halogens is 3. The summed E-state index contributed by atoms with van der Waals surface area (Å²) in [5.74, 6) is -0.210. The van der Waals surface area contributed by atoms with E-state index in [1.54, 1.807) is 4.90 Å². The molecule has 0 bridgehead atoms. The molecule has 2 saturated heterocycles. The SMILES string of the molecule is CCC1CN(C(C)=O)CCC1NC1CCN(CC(F)(F)F)C1=O. The summed E-state index contributed by atoms with van der Waals surface area (Å²) in [5, 5.41) is 3.25. The molecule has 0 radical (unpaired) electrons. The molecule has 23 heavy (non-hydrogen) atoms. The van der Waals surface area contributed by atoms with Crippen molar-refractivity contribution >= 4 is 11.8 Å². The lowest BCUT2D eigenvalue weighted by Crippen LogP contribution is -2.54. The van der Waals surface area contributed by atoms with Crippen molar-refractivity contribution in [1.29, 1.82) is 0 Å². The molecule has 0 aromatic rings. The lowest BCUT2D eigenvalue weighted by atomic mass is 9.89. The van der Waals surface area contributed by atoms with Crippen molar-refractivity contribution in [3.8, 4) is 0 Å².